The molecule has 0 unspecified atom stereocenters. The number of ketones is 1. The van der Waals surface area contributed by atoms with E-state index < -0.39 is 0 Å². The lowest BCUT2D eigenvalue weighted by Gasteiger charge is -2.05. The molecule has 24 heavy (non-hydrogen) atoms. The fourth-order valence-corrected chi connectivity index (χ4v) is 3.45. The second-order valence-electron chi connectivity index (χ2n) is 4.88. The van der Waals surface area contributed by atoms with Gasteiger partial charge in [0.2, 0.25) is 5.78 Å². The second-order valence-corrected chi connectivity index (χ2v) is 6.89. The van der Waals surface area contributed by atoms with Gasteiger partial charge in [-0.05, 0) is 42.5 Å². The van der Waals surface area contributed by atoms with Crippen LogP contribution in [-0.4, -0.2) is 11.7 Å². The van der Waals surface area contributed by atoms with Crippen LogP contribution in [0.4, 0.5) is 0 Å². The molecule has 1 aromatic carbocycles. The number of carbonyl (C=O) groups is 2. The first-order valence-corrected chi connectivity index (χ1v) is 8.52. The minimum absolute atomic E-state index is 0.177. The Kier molecular flexibility index (Phi) is 5.04. The molecule has 0 bridgehead atoms. The first-order chi connectivity index (χ1) is 11.5. The van der Waals surface area contributed by atoms with Crippen molar-refractivity contribution in [2.24, 2.45) is 0 Å². The summed E-state index contributed by atoms with van der Waals surface area (Å²) in [5, 5.41) is 3.53. The third-order valence-electron chi connectivity index (χ3n) is 3.23. The van der Waals surface area contributed by atoms with Gasteiger partial charge in [0.15, 0.2) is 5.76 Å². The van der Waals surface area contributed by atoms with E-state index in [1.807, 2.05) is 0 Å². The zero-order valence-corrected chi connectivity index (χ0v) is 14.5. The number of carbonyl (C=O) groups excluding carboxylic acids is 2. The van der Waals surface area contributed by atoms with E-state index in [4.69, 9.17) is 27.6 Å². The molecule has 0 radical (unpaired) electrons. The summed E-state index contributed by atoms with van der Waals surface area (Å²) in [7, 11) is 0. The number of furan rings is 1. The summed E-state index contributed by atoms with van der Waals surface area (Å²) in [6.45, 7) is 0.299. The van der Waals surface area contributed by atoms with Gasteiger partial charge in [-0.3, -0.25) is 9.59 Å². The van der Waals surface area contributed by atoms with Crippen LogP contribution in [0.1, 0.15) is 30.7 Å². The van der Waals surface area contributed by atoms with Gasteiger partial charge in [-0.1, -0.05) is 23.2 Å². The van der Waals surface area contributed by atoms with Crippen LogP contribution in [0.15, 0.2) is 53.1 Å². The van der Waals surface area contributed by atoms with Crippen LogP contribution in [-0.2, 0) is 6.54 Å². The topological polar surface area (TPSA) is 59.3 Å². The number of hydrogen-bond donors (Lipinski definition) is 1. The highest BCUT2D eigenvalue weighted by Gasteiger charge is 2.15. The van der Waals surface area contributed by atoms with Crippen molar-refractivity contribution in [3.63, 3.8) is 0 Å². The second kappa shape index (κ2) is 7.21. The Morgan fingerprint density at radius 2 is 1.96 bits per heavy atom. The summed E-state index contributed by atoms with van der Waals surface area (Å²) >= 11 is 13.1. The molecule has 2 heterocycles. The monoisotopic (exact) mass is 379 g/mol. The zero-order chi connectivity index (χ0) is 17.1. The predicted octanol–water partition coefficient (Wildman–Crippen LogP) is 4.81. The number of thiophene rings is 1. The van der Waals surface area contributed by atoms with E-state index >= 15 is 0 Å². The van der Waals surface area contributed by atoms with Gasteiger partial charge in [-0.15, -0.1) is 11.3 Å². The Bertz CT molecular complexity index is 887. The fourth-order valence-electron chi connectivity index (χ4n) is 2.06. The molecule has 3 aromatic rings. The van der Waals surface area contributed by atoms with Crippen LogP contribution in [0.25, 0.3) is 0 Å². The van der Waals surface area contributed by atoms with Crippen molar-refractivity contribution in [3.05, 3.63) is 79.9 Å². The van der Waals surface area contributed by atoms with Crippen molar-refractivity contribution in [1.82, 2.24) is 5.32 Å². The van der Waals surface area contributed by atoms with Crippen molar-refractivity contribution >= 4 is 46.2 Å². The quantitative estimate of drug-likeness (QED) is 0.647. The molecular formula is C17H11Cl2NO3S. The van der Waals surface area contributed by atoms with E-state index in [0.29, 0.717) is 32.8 Å². The lowest BCUT2D eigenvalue weighted by atomic mass is 10.2. The molecule has 0 aliphatic heterocycles. The van der Waals surface area contributed by atoms with E-state index in [1.54, 1.807) is 36.4 Å². The molecule has 0 spiro atoms. The lowest BCUT2D eigenvalue weighted by Crippen LogP contribution is -2.22. The number of benzene rings is 1. The van der Waals surface area contributed by atoms with Crippen molar-refractivity contribution in [1.29, 1.82) is 0 Å². The van der Waals surface area contributed by atoms with Gasteiger partial charge >= 0.3 is 0 Å². The average molecular weight is 380 g/mol. The van der Waals surface area contributed by atoms with E-state index in [-0.39, 0.29) is 11.7 Å². The molecule has 0 saturated heterocycles. The highest BCUT2D eigenvalue weighted by molar-refractivity contribution is 7.14. The summed E-state index contributed by atoms with van der Waals surface area (Å²) in [6, 6.07) is 11.5. The van der Waals surface area contributed by atoms with Crippen molar-refractivity contribution < 1.29 is 14.0 Å². The predicted molar refractivity (Wildman–Crippen MR) is 94.1 cm³/mol. The van der Waals surface area contributed by atoms with Crippen molar-refractivity contribution in [2.75, 3.05) is 0 Å². The molecule has 2 aromatic heterocycles. The summed E-state index contributed by atoms with van der Waals surface area (Å²) in [6.07, 6.45) is 1.46. The molecule has 0 fully saturated rings. The highest BCUT2D eigenvalue weighted by Crippen LogP contribution is 2.22. The fraction of sp³-hybridized carbons (Fsp3) is 0.0588. The SMILES string of the molecule is O=C(c1ccco1)c1ccc(CNC(=O)c2ccc(Cl)cc2Cl)s1. The van der Waals surface area contributed by atoms with Gasteiger partial charge in [-0.2, -0.15) is 0 Å². The van der Waals surface area contributed by atoms with Crippen LogP contribution in [0, 0.1) is 0 Å². The van der Waals surface area contributed by atoms with Gasteiger partial charge in [0.05, 0.1) is 28.3 Å². The average Bonchev–Trinajstić information content (AvgIpc) is 3.24. The number of halogens is 2. The molecule has 4 nitrogen and oxygen atoms in total. The van der Waals surface area contributed by atoms with Crippen LogP contribution < -0.4 is 5.32 Å². The van der Waals surface area contributed by atoms with Crippen LogP contribution in [0.5, 0.6) is 0 Å². The summed E-state index contributed by atoms with van der Waals surface area (Å²) in [4.78, 5) is 25.7. The molecule has 0 saturated carbocycles. The van der Waals surface area contributed by atoms with Crippen LogP contribution in [0.2, 0.25) is 10.0 Å². The maximum absolute atomic E-state index is 12.2. The molecule has 0 aliphatic carbocycles. The van der Waals surface area contributed by atoms with Crippen LogP contribution >= 0.6 is 34.5 Å². The Morgan fingerprint density at radius 3 is 2.67 bits per heavy atom. The molecule has 7 heteroatoms. The minimum atomic E-state index is -0.302. The summed E-state index contributed by atoms with van der Waals surface area (Å²) in [5.41, 5.74) is 0.351. The third kappa shape index (κ3) is 3.70. The first-order valence-electron chi connectivity index (χ1n) is 6.95. The molecular weight excluding hydrogens is 369 g/mol. The summed E-state index contributed by atoms with van der Waals surface area (Å²) < 4.78 is 5.10. The van der Waals surface area contributed by atoms with Crippen molar-refractivity contribution in [3.8, 4) is 0 Å². The molecule has 122 valence electrons. The molecule has 1 N–H and O–H groups in total. The molecule has 3 rings (SSSR count). The molecule has 0 aliphatic rings. The van der Waals surface area contributed by atoms with Gasteiger partial charge in [0.1, 0.15) is 0 Å². The minimum Gasteiger partial charge on any atom is -0.461 e. The van der Waals surface area contributed by atoms with E-state index in [0.717, 1.165) is 4.88 Å². The lowest BCUT2D eigenvalue weighted by molar-refractivity contribution is 0.0950. The Labute approximate surface area is 152 Å². The number of nitrogens with one attached hydrogen (secondary N) is 1. The normalized spacial score (nSPS) is 10.6. The Hall–Kier alpha value is -2.08. The smallest absolute Gasteiger partial charge is 0.253 e. The van der Waals surface area contributed by atoms with Gasteiger partial charge < -0.3 is 9.73 Å². The summed E-state index contributed by atoms with van der Waals surface area (Å²) in [5.74, 6) is -0.187. The highest BCUT2D eigenvalue weighted by atomic mass is 35.5. The first kappa shape index (κ1) is 16.8. The maximum atomic E-state index is 12.2. The van der Waals surface area contributed by atoms with Gasteiger partial charge in [-0.25, -0.2) is 0 Å². The van der Waals surface area contributed by atoms with E-state index in [9.17, 15) is 9.59 Å². The Morgan fingerprint density at radius 1 is 1.12 bits per heavy atom. The van der Waals surface area contributed by atoms with Crippen LogP contribution in [0.3, 0.4) is 0 Å². The maximum Gasteiger partial charge on any atom is 0.253 e. The largest absolute Gasteiger partial charge is 0.461 e. The number of hydrogen-bond acceptors (Lipinski definition) is 4. The van der Waals surface area contributed by atoms with Gasteiger partial charge in [0, 0.05) is 9.90 Å². The number of rotatable bonds is 5. The third-order valence-corrected chi connectivity index (χ3v) is 4.86. The zero-order valence-electron chi connectivity index (χ0n) is 12.2. The number of amides is 1. The molecule has 0 atom stereocenters. The standard InChI is InChI=1S/C17H11Cl2NO3S/c18-10-3-5-12(13(19)8-10)17(22)20-9-11-4-6-15(24-11)16(21)14-2-1-7-23-14/h1-8H,9H2,(H,20,22). The van der Waals surface area contributed by atoms with Crippen molar-refractivity contribution in [2.45, 2.75) is 6.54 Å². The van der Waals surface area contributed by atoms with E-state index in [1.165, 1.54) is 23.7 Å². The Balaban J connectivity index is 1.65. The van der Waals surface area contributed by atoms with E-state index in [2.05, 4.69) is 5.32 Å². The van der Waals surface area contributed by atoms with Gasteiger partial charge in [0.25, 0.3) is 5.91 Å². The molecule has 1 amide bonds.